The number of pyridine rings is 1. The predicted octanol–water partition coefficient (Wildman–Crippen LogP) is 3.72. The number of carbonyl (C=O) groups is 1. The molecule has 28 heavy (non-hydrogen) atoms. The minimum atomic E-state index is -4.61. The highest BCUT2D eigenvalue weighted by molar-refractivity contribution is 5.89. The molecule has 1 amide bonds. The van der Waals surface area contributed by atoms with Crippen molar-refractivity contribution in [3.8, 4) is 11.3 Å². The summed E-state index contributed by atoms with van der Waals surface area (Å²) in [5.41, 5.74) is 0.701. The zero-order valence-electron chi connectivity index (χ0n) is 14.8. The SMILES string of the molecule is CCc1ccc(-c2cc(NC(=O)Cn3cc(C(F)(F)F)ccc3=O)on2)cc1. The summed E-state index contributed by atoms with van der Waals surface area (Å²) in [4.78, 5) is 23.8. The van der Waals surface area contributed by atoms with Crippen molar-refractivity contribution in [2.75, 3.05) is 5.32 Å². The first-order chi connectivity index (χ1) is 13.3. The second-order valence-electron chi connectivity index (χ2n) is 6.06. The van der Waals surface area contributed by atoms with E-state index in [-0.39, 0.29) is 5.88 Å². The summed E-state index contributed by atoms with van der Waals surface area (Å²) in [6, 6.07) is 10.6. The van der Waals surface area contributed by atoms with Crippen LogP contribution in [0.2, 0.25) is 0 Å². The predicted molar refractivity (Wildman–Crippen MR) is 95.7 cm³/mol. The normalized spacial score (nSPS) is 11.4. The summed E-state index contributed by atoms with van der Waals surface area (Å²) in [5, 5.41) is 6.24. The van der Waals surface area contributed by atoms with Gasteiger partial charge in [0.25, 0.3) is 5.56 Å². The van der Waals surface area contributed by atoms with Crippen molar-refractivity contribution in [3.63, 3.8) is 0 Å². The van der Waals surface area contributed by atoms with Gasteiger partial charge in [-0.2, -0.15) is 13.2 Å². The first-order valence-corrected chi connectivity index (χ1v) is 8.40. The van der Waals surface area contributed by atoms with E-state index in [1.54, 1.807) is 0 Å². The first kappa shape index (κ1) is 19.4. The molecule has 1 aromatic carbocycles. The van der Waals surface area contributed by atoms with Gasteiger partial charge < -0.3 is 9.09 Å². The van der Waals surface area contributed by atoms with Gasteiger partial charge in [-0.25, -0.2) is 0 Å². The van der Waals surface area contributed by atoms with Gasteiger partial charge in [-0.1, -0.05) is 36.3 Å². The number of alkyl halides is 3. The number of rotatable bonds is 5. The number of aromatic nitrogens is 2. The fourth-order valence-corrected chi connectivity index (χ4v) is 2.54. The molecule has 0 unspecified atom stereocenters. The number of carbonyl (C=O) groups excluding carboxylic acids is 1. The Balaban J connectivity index is 1.70. The molecule has 0 spiro atoms. The van der Waals surface area contributed by atoms with Gasteiger partial charge in [0, 0.05) is 23.9 Å². The molecule has 0 bridgehead atoms. The van der Waals surface area contributed by atoms with E-state index in [4.69, 9.17) is 4.52 Å². The van der Waals surface area contributed by atoms with Crippen LogP contribution in [0.15, 0.2) is 58.0 Å². The highest BCUT2D eigenvalue weighted by Crippen LogP contribution is 2.28. The summed E-state index contributed by atoms with van der Waals surface area (Å²) >= 11 is 0. The third-order valence-corrected chi connectivity index (χ3v) is 4.06. The Kier molecular flexibility index (Phi) is 5.34. The topological polar surface area (TPSA) is 77.1 Å². The smallest absolute Gasteiger partial charge is 0.338 e. The molecular weight excluding hydrogens is 375 g/mol. The van der Waals surface area contributed by atoms with E-state index in [1.807, 2.05) is 31.2 Å². The molecule has 1 N–H and O–H groups in total. The van der Waals surface area contributed by atoms with Crippen molar-refractivity contribution >= 4 is 11.8 Å². The number of nitrogens with zero attached hydrogens (tertiary/aromatic N) is 2. The van der Waals surface area contributed by atoms with Crippen molar-refractivity contribution in [1.82, 2.24) is 9.72 Å². The van der Waals surface area contributed by atoms with Crippen LogP contribution in [-0.2, 0) is 23.9 Å². The Bertz CT molecular complexity index is 1040. The Morgan fingerprint density at radius 1 is 1.18 bits per heavy atom. The Morgan fingerprint density at radius 2 is 1.89 bits per heavy atom. The number of benzene rings is 1. The van der Waals surface area contributed by atoms with E-state index >= 15 is 0 Å². The van der Waals surface area contributed by atoms with E-state index in [2.05, 4.69) is 10.5 Å². The number of halogens is 3. The standard InChI is InChI=1S/C19H16F3N3O3/c1-2-12-3-5-13(6-4-12)15-9-17(28-24-15)23-16(26)11-25-10-14(19(20,21)22)7-8-18(25)27/h3-10H,2,11H2,1H3,(H,23,26). The second kappa shape index (κ2) is 7.71. The number of hydrogen-bond donors (Lipinski definition) is 1. The monoisotopic (exact) mass is 391 g/mol. The highest BCUT2D eigenvalue weighted by atomic mass is 19.4. The van der Waals surface area contributed by atoms with Gasteiger partial charge in [0.15, 0.2) is 0 Å². The minimum Gasteiger partial charge on any atom is -0.338 e. The Hall–Kier alpha value is -3.36. The van der Waals surface area contributed by atoms with Crippen molar-refractivity contribution < 1.29 is 22.5 Å². The maximum atomic E-state index is 12.8. The van der Waals surface area contributed by atoms with Crippen molar-refractivity contribution in [1.29, 1.82) is 0 Å². The second-order valence-corrected chi connectivity index (χ2v) is 6.06. The lowest BCUT2D eigenvalue weighted by atomic mass is 10.1. The van der Waals surface area contributed by atoms with E-state index in [9.17, 15) is 22.8 Å². The Morgan fingerprint density at radius 3 is 2.54 bits per heavy atom. The zero-order chi connectivity index (χ0) is 20.3. The van der Waals surface area contributed by atoms with Gasteiger partial charge in [0.2, 0.25) is 11.8 Å². The van der Waals surface area contributed by atoms with Crippen LogP contribution < -0.4 is 10.9 Å². The molecule has 146 valence electrons. The summed E-state index contributed by atoms with van der Waals surface area (Å²) in [5.74, 6) is -0.690. The lowest BCUT2D eigenvalue weighted by molar-refractivity contribution is -0.138. The van der Waals surface area contributed by atoms with Crippen molar-refractivity contribution in [2.45, 2.75) is 26.1 Å². The highest BCUT2D eigenvalue weighted by Gasteiger charge is 2.31. The molecular formula is C19H16F3N3O3. The van der Waals surface area contributed by atoms with E-state index < -0.39 is 29.8 Å². The minimum absolute atomic E-state index is 0.0274. The molecule has 6 nitrogen and oxygen atoms in total. The summed E-state index contributed by atoms with van der Waals surface area (Å²) in [6.07, 6.45) is -3.11. The molecule has 0 aliphatic rings. The van der Waals surface area contributed by atoms with Gasteiger partial charge in [0.05, 0.1) is 5.56 Å². The summed E-state index contributed by atoms with van der Waals surface area (Å²) in [6.45, 7) is 1.44. The molecule has 0 atom stereocenters. The van der Waals surface area contributed by atoms with Crippen LogP contribution in [0.1, 0.15) is 18.1 Å². The summed E-state index contributed by atoms with van der Waals surface area (Å²) in [7, 11) is 0. The average Bonchev–Trinajstić information content (AvgIpc) is 3.11. The lowest BCUT2D eigenvalue weighted by Crippen LogP contribution is -2.28. The largest absolute Gasteiger partial charge is 0.417 e. The quantitative estimate of drug-likeness (QED) is 0.719. The van der Waals surface area contributed by atoms with Crippen LogP contribution >= 0.6 is 0 Å². The van der Waals surface area contributed by atoms with Gasteiger partial charge in [-0.3, -0.25) is 14.9 Å². The number of hydrogen-bond acceptors (Lipinski definition) is 4. The third kappa shape index (κ3) is 4.48. The molecule has 3 aromatic rings. The molecule has 0 aliphatic heterocycles. The number of aryl methyl sites for hydroxylation is 1. The molecule has 3 rings (SSSR count). The van der Waals surface area contributed by atoms with Gasteiger partial charge in [-0.05, 0) is 18.1 Å². The van der Waals surface area contributed by atoms with Crippen LogP contribution in [0.25, 0.3) is 11.3 Å². The van der Waals surface area contributed by atoms with Gasteiger partial charge in [0.1, 0.15) is 12.2 Å². The van der Waals surface area contributed by atoms with E-state index in [0.29, 0.717) is 22.5 Å². The first-order valence-electron chi connectivity index (χ1n) is 8.40. The van der Waals surface area contributed by atoms with Crippen LogP contribution in [0.5, 0.6) is 0 Å². The molecule has 0 saturated heterocycles. The van der Waals surface area contributed by atoms with E-state index in [0.717, 1.165) is 23.6 Å². The third-order valence-electron chi connectivity index (χ3n) is 4.06. The lowest BCUT2D eigenvalue weighted by Gasteiger charge is -2.10. The average molecular weight is 391 g/mol. The van der Waals surface area contributed by atoms with Crippen molar-refractivity contribution in [3.05, 3.63) is 70.1 Å². The molecule has 0 fully saturated rings. The molecule has 2 heterocycles. The fourth-order valence-electron chi connectivity index (χ4n) is 2.54. The van der Waals surface area contributed by atoms with Gasteiger partial charge in [-0.15, -0.1) is 0 Å². The maximum absolute atomic E-state index is 12.8. The Labute approximate surface area is 157 Å². The molecule has 0 saturated carbocycles. The number of nitrogens with one attached hydrogen (secondary N) is 1. The van der Waals surface area contributed by atoms with Gasteiger partial charge >= 0.3 is 6.18 Å². The molecule has 2 aromatic heterocycles. The summed E-state index contributed by atoms with van der Waals surface area (Å²) < 4.78 is 44.0. The van der Waals surface area contributed by atoms with Crippen LogP contribution in [-0.4, -0.2) is 15.6 Å². The molecule has 9 heteroatoms. The maximum Gasteiger partial charge on any atom is 0.417 e. The van der Waals surface area contributed by atoms with Crippen LogP contribution in [0.3, 0.4) is 0 Å². The fraction of sp³-hybridized carbons (Fsp3) is 0.211. The molecule has 0 radical (unpaired) electrons. The number of amides is 1. The van der Waals surface area contributed by atoms with Crippen molar-refractivity contribution in [2.24, 2.45) is 0 Å². The number of anilines is 1. The zero-order valence-corrected chi connectivity index (χ0v) is 14.8. The van der Waals surface area contributed by atoms with Crippen LogP contribution in [0.4, 0.5) is 19.1 Å². The van der Waals surface area contributed by atoms with E-state index in [1.165, 1.54) is 6.07 Å². The molecule has 0 aliphatic carbocycles. The van der Waals surface area contributed by atoms with Crippen LogP contribution in [0, 0.1) is 0 Å².